The zero-order valence-electron chi connectivity index (χ0n) is 14.8. The van der Waals surface area contributed by atoms with Crippen molar-refractivity contribution >= 4 is 17.4 Å². The van der Waals surface area contributed by atoms with Crippen LogP contribution in [0.15, 0.2) is 54.6 Å². The normalized spacial score (nSPS) is 10.5. The molecular formula is C20H17F3N4O. The zero-order chi connectivity index (χ0) is 19.9. The maximum atomic E-state index is 13.7. The molecule has 0 saturated carbocycles. The number of nitrogens with one attached hydrogen (secondary N) is 2. The van der Waals surface area contributed by atoms with E-state index in [-0.39, 0.29) is 23.1 Å². The fourth-order valence-electron chi connectivity index (χ4n) is 2.51. The van der Waals surface area contributed by atoms with Crippen molar-refractivity contribution in [3.63, 3.8) is 0 Å². The number of aromatic nitrogens is 2. The van der Waals surface area contributed by atoms with Crippen molar-refractivity contribution in [3.05, 3.63) is 83.3 Å². The lowest BCUT2D eigenvalue weighted by molar-refractivity contribution is 0.0947. The third-order valence-electron chi connectivity index (χ3n) is 3.97. The monoisotopic (exact) mass is 386 g/mol. The van der Waals surface area contributed by atoms with E-state index in [0.717, 1.165) is 25.0 Å². The highest BCUT2D eigenvalue weighted by Gasteiger charge is 2.14. The maximum Gasteiger partial charge on any atom is 0.271 e. The summed E-state index contributed by atoms with van der Waals surface area (Å²) in [5, 5.41) is 12.8. The summed E-state index contributed by atoms with van der Waals surface area (Å²) in [6.45, 7) is 0.482. The minimum atomic E-state index is -1.58. The lowest BCUT2D eigenvalue weighted by Crippen LogP contribution is -2.26. The molecule has 28 heavy (non-hydrogen) atoms. The van der Waals surface area contributed by atoms with Crippen LogP contribution in [-0.4, -0.2) is 22.6 Å². The SMILES string of the molecule is O=C(NCCCc1ccccc1)c1ccc(Nc2ccc(F)c(F)c2F)nn1. The zero-order valence-corrected chi connectivity index (χ0v) is 14.8. The van der Waals surface area contributed by atoms with Crippen LogP contribution in [0.4, 0.5) is 24.7 Å². The van der Waals surface area contributed by atoms with E-state index in [9.17, 15) is 18.0 Å². The summed E-state index contributed by atoms with van der Waals surface area (Å²) in [5.41, 5.74) is 0.999. The number of rotatable bonds is 7. The van der Waals surface area contributed by atoms with Crippen LogP contribution in [-0.2, 0) is 6.42 Å². The number of halogens is 3. The summed E-state index contributed by atoms with van der Waals surface area (Å²) in [6, 6.07) is 14.6. The van der Waals surface area contributed by atoms with Gasteiger partial charge >= 0.3 is 0 Å². The van der Waals surface area contributed by atoms with Crippen LogP contribution in [0.25, 0.3) is 0 Å². The van der Waals surface area contributed by atoms with Crippen LogP contribution in [0, 0.1) is 17.5 Å². The number of carbonyl (C=O) groups excluding carboxylic acids is 1. The van der Waals surface area contributed by atoms with E-state index in [2.05, 4.69) is 20.8 Å². The van der Waals surface area contributed by atoms with Gasteiger partial charge in [-0.1, -0.05) is 30.3 Å². The van der Waals surface area contributed by atoms with Crippen molar-refractivity contribution in [2.45, 2.75) is 12.8 Å². The van der Waals surface area contributed by atoms with E-state index in [4.69, 9.17) is 0 Å². The average Bonchev–Trinajstić information content (AvgIpc) is 2.73. The second-order valence-electron chi connectivity index (χ2n) is 6.00. The molecule has 0 saturated heterocycles. The number of aryl methyl sites for hydroxylation is 1. The Morgan fingerprint density at radius 2 is 1.68 bits per heavy atom. The first-order chi connectivity index (χ1) is 13.5. The van der Waals surface area contributed by atoms with E-state index >= 15 is 0 Å². The number of carbonyl (C=O) groups is 1. The van der Waals surface area contributed by atoms with Gasteiger partial charge in [0.1, 0.15) is 0 Å². The number of anilines is 2. The number of benzene rings is 2. The molecule has 0 aliphatic carbocycles. The lowest BCUT2D eigenvalue weighted by atomic mass is 10.1. The highest BCUT2D eigenvalue weighted by atomic mass is 19.2. The summed E-state index contributed by atoms with van der Waals surface area (Å²) in [6.07, 6.45) is 1.62. The molecule has 0 fully saturated rings. The van der Waals surface area contributed by atoms with Gasteiger partial charge in [-0.2, -0.15) is 0 Å². The molecule has 1 heterocycles. The first-order valence-corrected chi connectivity index (χ1v) is 8.61. The van der Waals surface area contributed by atoms with Gasteiger partial charge < -0.3 is 10.6 Å². The highest BCUT2D eigenvalue weighted by molar-refractivity contribution is 5.92. The van der Waals surface area contributed by atoms with Crippen LogP contribution in [0.5, 0.6) is 0 Å². The van der Waals surface area contributed by atoms with Gasteiger partial charge in [-0.15, -0.1) is 10.2 Å². The van der Waals surface area contributed by atoms with Crippen molar-refractivity contribution in [2.75, 3.05) is 11.9 Å². The molecule has 1 aromatic heterocycles. The molecule has 2 N–H and O–H groups in total. The van der Waals surface area contributed by atoms with Crippen LogP contribution in [0.1, 0.15) is 22.5 Å². The molecule has 0 spiro atoms. The van der Waals surface area contributed by atoms with Gasteiger partial charge in [0, 0.05) is 6.54 Å². The van der Waals surface area contributed by atoms with E-state index < -0.39 is 17.5 Å². The van der Waals surface area contributed by atoms with Crippen molar-refractivity contribution in [3.8, 4) is 0 Å². The number of hydrogen-bond acceptors (Lipinski definition) is 4. The number of nitrogens with zero attached hydrogens (tertiary/aromatic N) is 2. The highest BCUT2D eigenvalue weighted by Crippen LogP contribution is 2.22. The summed E-state index contributed by atoms with van der Waals surface area (Å²) in [7, 11) is 0. The Hall–Kier alpha value is -3.42. The van der Waals surface area contributed by atoms with E-state index in [0.29, 0.717) is 6.54 Å². The average molecular weight is 386 g/mol. The predicted molar refractivity (Wildman–Crippen MR) is 98.7 cm³/mol. The Morgan fingerprint density at radius 3 is 2.39 bits per heavy atom. The summed E-state index contributed by atoms with van der Waals surface area (Å²) in [5.74, 6) is -4.52. The van der Waals surface area contributed by atoms with E-state index in [1.807, 2.05) is 30.3 Å². The van der Waals surface area contributed by atoms with Gasteiger partial charge in [0.25, 0.3) is 5.91 Å². The molecule has 1 amide bonds. The molecule has 0 bridgehead atoms. The Kier molecular flexibility index (Phi) is 6.21. The smallest absolute Gasteiger partial charge is 0.271 e. The number of hydrogen-bond donors (Lipinski definition) is 2. The first kappa shape index (κ1) is 19.3. The molecule has 2 aromatic carbocycles. The second-order valence-corrected chi connectivity index (χ2v) is 6.00. The van der Waals surface area contributed by atoms with Crippen molar-refractivity contribution < 1.29 is 18.0 Å². The molecule has 3 rings (SSSR count). The van der Waals surface area contributed by atoms with Gasteiger partial charge in [-0.05, 0) is 42.7 Å². The molecule has 144 valence electrons. The van der Waals surface area contributed by atoms with Crippen molar-refractivity contribution in [1.82, 2.24) is 15.5 Å². The third kappa shape index (κ3) is 4.85. The van der Waals surface area contributed by atoms with Gasteiger partial charge in [0.15, 0.2) is 29.0 Å². The summed E-state index contributed by atoms with van der Waals surface area (Å²) < 4.78 is 39.9. The maximum absolute atomic E-state index is 13.7. The Balaban J connectivity index is 1.52. The quantitative estimate of drug-likeness (QED) is 0.476. The van der Waals surface area contributed by atoms with E-state index in [1.54, 1.807) is 0 Å². The second kappa shape index (κ2) is 8.98. The van der Waals surface area contributed by atoms with Gasteiger partial charge in [0.05, 0.1) is 5.69 Å². The molecule has 0 aliphatic rings. The predicted octanol–water partition coefficient (Wildman–Crippen LogP) is 4.00. The number of amides is 1. The summed E-state index contributed by atoms with van der Waals surface area (Å²) >= 11 is 0. The standard InChI is InChI=1S/C20H17F3N4O/c21-14-8-9-15(19(23)18(14)22)25-17-11-10-16(26-27-17)20(28)24-12-4-7-13-5-2-1-3-6-13/h1-3,5-6,8-11H,4,7,12H2,(H,24,28)(H,25,27). The Morgan fingerprint density at radius 1 is 0.893 bits per heavy atom. The minimum absolute atomic E-state index is 0.0885. The minimum Gasteiger partial charge on any atom is -0.351 e. The molecule has 0 aliphatic heterocycles. The third-order valence-corrected chi connectivity index (χ3v) is 3.97. The van der Waals surface area contributed by atoms with Crippen LogP contribution < -0.4 is 10.6 Å². The fraction of sp³-hybridized carbons (Fsp3) is 0.150. The molecule has 3 aromatic rings. The topological polar surface area (TPSA) is 66.9 Å². The molecular weight excluding hydrogens is 369 g/mol. The van der Waals surface area contributed by atoms with Gasteiger partial charge in [0.2, 0.25) is 0 Å². The first-order valence-electron chi connectivity index (χ1n) is 8.61. The molecule has 0 unspecified atom stereocenters. The van der Waals surface area contributed by atoms with Gasteiger partial charge in [-0.25, -0.2) is 13.2 Å². The Bertz CT molecular complexity index is 950. The fourth-order valence-corrected chi connectivity index (χ4v) is 2.51. The molecule has 0 atom stereocenters. The molecule has 0 radical (unpaired) electrons. The summed E-state index contributed by atoms with van der Waals surface area (Å²) in [4.78, 5) is 12.1. The largest absolute Gasteiger partial charge is 0.351 e. The lowest BCUT2D eigenvalue weighted by Gasteiger charge is -2.08. The molecule has 8 heteroatoms. The van der Waals surface area contributed by atoms with Crippen LogP contribution in [0.2, 0.25) is 0 Å². The van der Waals surface area contributed by atoms with Crippen molar-refractivity contribution in [2.24, 2.45) is 0 Å². The van der Waals surface area contributed by atoms with Crippen molar-refractivity contribution in [1.29, 1.82) is 0 Å². The van der Waals surface area contributed by atoms with Crippen LogP contribution >= 0.6 is 0 Å². The Labute approximate surface area is 159 Å². The molecule has 5 nitrogen and oxygen atoms in total. The van der Waals surface area contributed by atoms with Gasteiger partial charge in [-0.3, -0.25) is 4.79 Å². The van der Waals surface area contributed by atoms with E-state index in [1.165, 1.54) is 17.7 Å². The van der Waals surface area contributed by atoms with Crippen LogP contribution in [0.3, 0.4) is 0 Å².